The van der Waals surface area contributed by atoms with Crippen molar-refractivity contribution in [2.75, 3.05) is 6.54 Å². The molecule has 8 heteroatoms. The molecule has 0 saturated heterocycles. The van der Waals surface area contributed by atoms with Gasteiger partial charge in [0.2, 0.25) is 0 Å². The molecule has 0 aliphatic heterocycles. The Morgan fingerprint density at radius 1 is 1.09 bits per heavy atom. The molecule has 1 aliphatic carbocycles. The number of aliphatic hydroxyl groups excluding tert-OH is 1. The quantitative estimate of drug-likeness (QED) is 0.461. The summed E-state index contributed by atoms with van der Waals surface area (Å²) in [7, 11) is 0. The maximum atomic E-state index is 11.1. The molecule has 170 valence electrons. The van der Waals surface area contributed by atoms with Crippen LogP contribution in [0.2, 0.25) is 0 Å². The third-order valence-corrected chi connectivity index (χ3v) is 5.39. The van der Waals surface area contributed by atoms with Gasteiger partial charge >= 0.3 is 5.97 Å². The SMILES string of the molecule is Cl.Cl.O=C(O)c1cccc(Oc2ccc3c(c2)C[C@@H](NC[C@@H](O)c2cccnc2)CC3)c1. The van der Waals surface area contributed by atoms with Crippen LogP contribution in [0.4, 0.5) is 0 Å². The molecule has 0 radical (unpaired) electrons. The van der Waals surface area contributed by atoms with Gasteiger partial charge in [0.05, 0.1) is 11.7 Å². The standard InChI is InChI=1S/C24H24N2O4.2ClH/c27-23(18-4-2-10-25-14-18)15-26-20-8-6-16-7-9-22(13-19(16)11-20)30-21-5-1-3-17(12-21)24(28)29;;/h1-5,7,9-10,12-14,20,23,26-27H,6,8,11,15H2,(H,28,29);2*1H/t20-,23+;;/m0../s1. The highest BCUT2D eigenvalue weighted by Crippen LogP contribution is 2.29. The zero-order chi connectivity index (χ0) is 20.9. The van der Waals surface area contributed by atoms with E-state index < -0.39 is 12.1 Å². The summed E-state index contributed by atoms with van der Waals surface area (Å²) in [5, 5.41) is 23.0. The number of nitrogens with one attached hydrogen (secondary N) is 1. The molecule has 1 aromatic heterocycles. The molecule has 0 bridgehead atoms. The lowest BCUT2D eigenvalue weighted by atomic mass is 9.88. The molecule has 1 aliphatic rings. The number of ether oxygens (including phenoxy) is 1. The van der Waals surface area contributed by atoms with E-state index in [-0.39, 0.29) is 36.4 Å². The number of fused-ring (bicyclic) bond motifs is 1. The predicted molar refractivity (Wildman–Crippen MR) is 127 cm³/mol. The average molecular weight is 477 g/mol. The van der Waals surface area contributed by atoms with Crippen molar-refractivity contribution >= 4 is 30.8 Å². The van der Waals surface area contributed by atoms with Gasteiger partial charge in [-0.2, -0.15) is 0 Å². The van der Waals surface area contributed by atoms with Gasteiger partial charge < -0.3 is 20.3 Å². The number of pyridine rings is 1. The smallest absolute Gasteiger partial charge is 0.335 e. The maximum absolute atomic E-state index is 11.1. The summed E-state index contributed by atoms with van der Waals surface area (Å²) in [5.41, 5.74) is 3.51. The summed E-state index contributed by atoms with van der Waals surface area (Å²) >= 11 is 0. The zero-order valence-electron chi connectivity index (χ0n) is 17.3. The summed E-state index contributed by atoms with van der Waals surface area (Å²) in [5.74, 6) is 0.209. The molecule has 3 N–H and O–H groups in total. The fourth-order valence-electron chi connectivity index (χ4n) is 3.77. The first-order valence-corrected chi connectivity index (χ1v) is 10.0. The van der Waals surface area contributed by atoms with Crippen LogP contribution >= 0.6 is 24.8 Å². The molecule has 0 amide bonds. The minimum Gasteiger partial charge on any atom is -0.478 e. The molecule has 0 saturated carbocycles. The van der Waals surface area contributed by atoms with Gasteiger partial charge in [0, 0.05) is 30.5 Å². The first kappa shape index (κ1) is 25.6. The van der Waals surface area contributed by atoms with Gasteiger partial charge in [0.15, 0.2) is 0 Å². The van der Waals surface area contributed by atoms with Crippen molar-refractivity contribution in [3.05, 3.63) is 89.2 Å². The van der Waals surface area contributed by atoms with E-state index in [1.165, 1.54) is 23.3 Å². The largest absolute Gasteiger partial charge is 0.478 e. The minimum absolute atomic E-state index is 0. The highest BCUT2D eigenvalue weighted by atomic mass is 35.5. The van der Waals surface area contributed by atoms with Crippen molar-refractivity contribution in [3.8, 4) is 11.5 Å². The summed E-state index contributed by atoms with van der Waals surface area (Å²) < 4.78 is 5.90. The normalized spacial score (nSPS) is 15.5. The lowest BCUT2D eigenvalue weighted by Crippen LogP contribution is -2.37. The van der Waals surface area contributed by atoms with E-state index in [2.05, 4.69) is 16.4 Å². The molecule has 2 aromatic carbocycles. The second-order valence-electron chi connectivity index (χ2n) is 7.52. The third kappa shape index (κ3) is 6.43. The molecule has 6 nitrogen and oxygen atoms in total. The number of aromatic nitrogens is 1. The Labute approximate surface area is 199 Å². The second-order valence-corrected chi connectivity index (χ2v) is 7.52. The second kappa shape index (κ2) is 11.8. The molecule has 3 aromatic rings. The number of carboxylic acids is 1. The number of carbonyl (C=O) groups is 1. The minimum atomic E-state index is -0.978. The number of aromatic carboxylic acids is 1. The molecular weight excluding hydrogens is 451 g/mol. The van der Waals surface area contributed by atoms with Crippen LogP contribution in [0.3, 0.4) is 0 Å². The predicted octanol–water partition coefficient (Wildman–Crippen LogP) is 4.60. The van der Waals surface area contributed by atoms with E-state index in [0.717, 1.165) is 24.8 Å². The number of nitrogens with zero attached hydrogens (tertiary/aromatic N) is 1. The van der Waals surface area contributed by atoms with Crippen molar-refractivity contribution in [2.24, 2.45) is 0 Å². The highest BCUT2D eigenvalue weighted by molar-refractivity contribution is 5.88. The Balaban J connectivity index is 0.00000181. The number of halogens is 2. The molecule has 2 atom stereocenters. The van der Waals surface area contributed by atoms with E-state index in [4.69, 9.17) is 9.84 Å². The fraction of sp³-hybridized carbons (Fsp3) is 0.250. The summed E-state index contributed by atoms with van der Waals surface area (Å²) in [6, 6.07) is 16.5. The van der Waals surface area contributed by atoms with E-state index in [9.17, 15) is 9.90 Å². The van der Waals surface area contributed by atoms with E-state index in [1.54, 1.807) is 24.5 Å². The Hall–Kier alpha value is -2.64. The number of benzene rings is 2. The Bertz CT molecular complexity index is 1030. The highest BCUT2D eigenvalue weighted by Gasteiger charge is 2.20. The van der Waals surface area contributed by atoms with Crippen LogP contribution in [-0.2, 0) is 12.8 Å². The van der Waals surface area contributed by atoms with Crippen LogP contribution in [0.1, 0.15) is 39.6 Å². The fourth-order valence-corrected chi connectivity index (χ4v) is 3.77. The van der Waals surface area contributed by atoms with Gasteiger partial charge in [-0.05, 0) is 66.8 Å². The van der Waals surface area contributed by atoms with Crippen LogP contribution in [0.5, 0.6) is 11.5 Å². The van der Waals surface area contributed by atoms with Gasteiger partial charge in [-0.3, -0.25) is 4.98 Å². The van der Waals surface area contributed by atoms with Gasteiger partial charge in [0.25, 0.3) is 0 Å². The van der Waals surface area contributed by atoms with Crippen molar-refractivity contribution in [1.29, 1.82) is 0 Å². The molecule has 0 fully saturated rings. The lowest BCUT2D eigenvalue weighted by Gasteiger charge is -2.27. The third-order valence-electron chi connectivity index (χ3n) is 5.39. The van der Waals surface area contributed by atoms with Crippen molar-refractivity contribution in [3.63, 3.8) is 0 Å². The van der Waals surface area contributed by atoms with E-state index in [0.29, 0.717) is 18.0 Å². The number of carboxylic acid groups (broad SMARTS) is 1. The zero-order valence-corrected chi connectivity index (χ0v) is 18.9. The molecular formula is C24H26Cl2N2O4. The number of aliphatic hydroxyl groups is 1. The number of hydrogen-bond donors (Lipinski definition) is 3. The number of aryl methyl sites for hydroxylation is 1. The van der Waals surface area contributed by atoms with Crippen LogP contribution in [0.15, 0.2) is 67.0 Å². The monoisotopic (exact) mass is 476 g/mol. The molecule has 4 rings (SSSR count). The Kier molecular flexibility index (Phi) is 9.47. The van der Waals surface area contributed by atoms with Crippen molar-refractivity contribution < 1.29 is 19.7 Å². The van der Waals surface area contributed by atoms with Crippen LogP contribution in [-0.4, -0.2) is 33.8 Å². The molecule has 0 spiro atoms. The summed E-state index contributed by atoms with van der Waals surface area (Å²) in [4.78, 5) is 15.2. The van der Waals surface area contributed by atoms with Crippen LogP contribution in [0.25, 0.3) is 0 Å². The number of hydrogen-bond acceptors (Lipinski definition) is 5. The van der Waals surface area contributed by atoms with Crippen LogP contribution < -0.4 is 10.1 Å². The van der Waals surface area contributed by atoms with Crippen LogP contribution in [0, 0.1) is 0 Å². The summed E-state index contributed by atoms with van der Waals surface area (Å²) in [6.07, 6.45) is 5.61. The molecule has 0 unspecified atom stereocenters. The topological polar surface area (TPSA) is 91.7 Å². The van der Waals surface area contributed by atoms with Gasteiger partial charge in [0.1, 0.15) is 11.5 Å². The van der Waals surface area contributed by atoms with Gasteiger partial charge in [-0.25, -0.2) is 4.79 Å². The first-order valence-electron chi connectivity index (χ1n) is 10.0. The number of rotatable bonds is 7. The Morgan fingerprint density at radius 2 is 1.91 bits per heavy atom. The summed E-state index contributed by atoms with van der Waals surface area (Å²) in [6.45, 7) is 0.476. The van der Waals surface area contributed by atoms with E-state index in [1.807, 2.05) is 24.3 Å². The molecule has 1 heterocycles. The average Bonchev–Trinajstić information content (AvgIpc) is 2.78. The first-order chi connectivity index (χ1) is 14.6. The van der Waals surface area contributed by atoms with Crippen molar-refractivity contribution in [2.45, 2.75) is 31.4 Å². The molecule has 32 heavy (non-hydrogen) atoms. The van der Waals surface area contributed by atoms with Gasteiger partial charge in [-0.1, -0.05) is 18.2 Å². The van der Waals surface area contributed by atoms with Gasteiger partial charge in [-0.15, -0.1) is 24.8 Å². The Morgan fingerprint density at radius 3 is 2.66 bits per heavy atom. The van der Waals surface area contributed by atoms with E-state index >= 15 is 0 Å². The maximum Gasteiger partial charge on any atom is 0.335 e. The lowest BCUT2D eigenvalue weighted by molar-refractivity contribution is 0.0696. The van der Waals surface area contributed by atoms with Crippen molar-refractivity contribution in [1.82, 2.24) is 10.3 Å².